The number of hydrogen-bond donors (Lipinski definition) is 3. The van der Waals surface area contributed by atoms with Crippen molar-refractivity contribution in [2.24, 2.45) is 5.92 Å². The van der Waals surface area contributed by atoms with E-state index in [1.807, 2.05) is 78.9 Å². The van der Waals surface area contributed by atoms with Crippen molar-refractivity contribution in [1.82, 2.24) is 10.2 Å². The van der Waals surface area contributed by atoms with Crippen molar-refractivity contribution in [3.05, 3.63) is 101 Å². The number of aliphatic hydroxyl groups excluding tert-OH is 1. The summed E-state index contributed by atoms with van der Waals surface area (Å²) in [5, 5.41) is 15.3. The molecular formula is C32H39N3O4. The van der Waals surface area contributed by atoms with Gasteiger partial charge in [-0.3, -0.25) is 0 Å². The van der Waals surface area contributed by atoms with Gasteiger partial charge in [-0.2, -0.15) is 0 Å². The van der Waals surface area contributed by atoms with Crippen LogP contribution in [0.5, 0.6) is 0 Å². The van der Waals surface area contributed by atoms with E-state index in [1.165, 1.54) is 19.3 Å². The number of piperidine rings is 1. The van der Waals surface area contributed by atoms with Gasteiger partial charge in [-0.15, -0.1) is 0 Å². The van der Waals surface area contributed by atoms with E-state index < -0.39 is 6.29 Å². The molecule has 4 atom stereocenters. The summed E-state index contributed by atoms with van der Waals surface area (Å²) < 4.78 is 13.2. The molecule has 0 bridgehead atoms. The fourth-order valence-corrected chi connectivity index (χ4v) is 5.44. The second-order valence-electron chi connectivity index (χ2n) is 10.6. The van der Waals surface area contributed by atoms with Gasteiger partial charge in [-0.05, 0) is 54.8 Å². The number of urea groups is 1. The number of nitrogens with one attached hydrogen (secondary N) is 2. The fourth-order valence-electron chi connectivity index (χ4n) is 5.44. The number of anilines is 1. The monoisotopic (exact) mass is 529 g/mol. The number of benzene rings is 3. The molecule has 206 valence electrons. The minimum absolute atomic E-state index is 0.00449. The minimum atomic E-state index is -0.562. The maximum Gasteiger partial charge on any atom is 0.319 e. The summed E-state index contributed by atoms with van der Waals surface area (Å²) in [5.41, 5.74) is 4.54. The zero-order valence-corrected chi connectivity index (χ0v) is 22.6. The molecule has 0 radical (unpaired) electrons. The molecule has 5 rings (SSSR count). The van der Waals surface area contributed by atoms with Crippen LogP contribution in [0.15, 0.2) is 78.9 Å². The number of aliphatic hydroxyl groups is 1. The molecule has 2 aliphatic rings. The highest BCUT2D eigenvalue weighted by Gasteiger charge is 2.39. The Morgan fingerprint density at radius 1 is 0.897 bits per heavy atom. The Morgan fingerprint density at radius 3 is 2.41 bits per heavy atom. The Morgan fingerprint density at radius 2 is 1.67 bits per heavy atom. The molecule has 0 spiro atoms. The summed E-state index contributed by atoms with van der Waals surface area (Å²) >= 11 is 0. The van der Waals surface area contributed by atoms with Crippen molar-refractivity contribution in [2.75, 3.05) is 25.0 Å². The maximum absolute atomic E-state index is 12.6. The van der Waals surface area contributed by atoms with Gasteiger partial charge in [-0.1, -0.05) is 80.1 Å². The zero-order valence-electron chi connectivity index (χ0n) is 22.6. The van der Waals surface area contributed by atoms with Gasteiger partial charge in [0.15, 0.2) is 6.29 Å². The molecule has 3 aromatic rings. The number of nitrogens with zero attached hydrogens (tertiary/aromatic N) is 1. The summed E-state index contributed by atoms with van der Waals surface area (Å²) in [6.45, 7) is 5.74. The molecule has 4 unspecified atom stereocenters. The van der Waals surface area contributed by atoms with E-state index in [9.17, 15) is 9.90 Å². The molecule has 2 heterocycles. The predicted octanol–water partition coefficient (Wildman–Crippen LogP) is 5.78. The first-order chi connectivity index (χ1) is 19.1. The van der Waals surface area contributed by atoms with Crippen LogP contribution in [-0.2, 0) is 22.6 Å². The van der Waals surface area contributed by atoms with E-state index in [1.54, 1.807) is 0 Å². The van der Waals surface area contributed by atoms with Gasteiger partial charge in [0.25, 0.3) is 0 Å². The molecular weight excluding hydrogens is 490 g/mol. The second-order valence-corrected chi connectivity index (χ2v) is 10.6. The van der Waals surface area contributed by atoms with E-state index in [-0.39, 0.29) is 30.8 Å². The van der Waals surface area contributed by atoms with Gasteiger partial charge in [-0.25, -0.2) is 4.79 Å². The lowest BCUT2D eigenvalue weighted by Gasteiger charge is -2.43. The van der Waals surface area contributed by atoms with Crippen LogP contribution in [0.1, 0.15) is 60.8 Å². The van der Waals surface area contributed by atoms with E-state index in [2.05, 4.69) is 22.5 Å². The normalized spacial score (nSPS) is 23.7. The number of carbonyl (C=O) groups excluding carboxylic acids is 1. The van der Waals surface area contributed by atoms with Gasteiger partial charge >= 0.3 is 6.03 Å². The zero-order chi connectivity index (χ0) is 27.0. The molecule has 2 aliphatic heterocycles. The quantitative estimate of drug-likeness (QED) is 0.345. The van der Waals surface area contributed by atoms with E-state index >= 15 is 0 Å². The van der Waals surface area contributed by atoms with Crippen LogP contribution in [0.25, 0.3) is 0 Å². The highest BCUT2D eigenvalue weighted by atomic mass is 16.7. The average molecular weight is 530 g/mol. The van der Waals surface area contributed by atoms with Crippen LogP contribution in [0, 0.1) is 5.92 Å². The van der Waals surface area contributed by atoms with Gasteiger partial charge in [0.1, 0.15) is 0 Å². The Bertz CT molecular complexity index is 1200. The first-order valence-electron chi connectivity index (χ1n) is 14.0. The van der Waals surface area contributed by atoms with Crippen LogP contribution in [-0.4, -0.2) is 41.8 Å². The first kappa shape index (κ1) is 27.3. The van der Waals surface area contributed by atoms with Crippen LogP contribution in [0.4, 0.5) is 10.5 Å². The number of carbonyl (C=O) groups is 1. The molecule has 3 N–H and O–H groups in total. The third-order valence-electron chi connectivity index (χ3n) is 7.72. The Labute approximate surface area is 231 Å². The predicted molar refractivity (Wildman–Crippen MR) is 152 cm³/mol. The number of ether oxygens (including phenoxy) is 2. The summed E-state index contributed by atoms with van der Waals surface area (Å²) in [6, 6.07) is 25.2. The number of amides is 2. The molecule has 0 aromatic heterocycles. The molecule has 2 fully saturated rings. The van der Waals surface area contributed by atoms with Crippen LogP contribution in [0.3, 0.4) is 0 Å². The number of rotatable bonds is 8. The van der Waals surface area contributed by atoms with Gasteiger partial charge in [0.05, 0.1) is 18.8 Å². The topological polar surface area (TPSA) is 83.1 Å². The lowest BCUT2D eigenvalue weighted by atomic mass is 9.89. The Hall–Kier alpha value is -3.23. The third kappa shape index (κ3) is 7.25. The van der Waals surface area contributed by atoms with E-state index in [0.717, 1.165) is 41.9 Å². The molecule has 0 aliphatic carbocycles. The summed E-state index contributed by atoms with van der Waals surface area (Å²) in [7, 11) is 0. The second kappa shape index (κ2) is 13.2. The lowest BCUT2D eigenvalue weighted by Crippen LogP contribution is -2.45. The van der Waals surface area contributed by atoms with Crippen molar-refractivity contribution < 1.29 is 19.4 Å². The van der Waals surface area contributed by atoms with Crippen LogP contribution >= 0.6 is 0 Å². The largest absolute Gasteiger partial charge is 0.392 e. The third-order valence-corrected chi connectivity index (χ3v) is 7.72. The van der Waals surface area contributed by atoms with Crippen LogP contribution in [0.2, 0.25) is 0 Å². The Balaban J connectivity index is 1.31. The first-order valence-corrected chi connectivity index (χ1v) is 14.0. The van der Waals surface area contributed by atoms with Gasteiger partial charge in [0.2, 0.25) is 0 Å². The minimum Gasteiger partial charge on any atom is -0.392 e. The summed E-state index contributed by atoms with van der Waals surface area (Å²) in [6.07, 6.45) is 3.03. The molecule has 2 saturated heterocycles. The molecule has 7 heteroatoms. The molecule has 3 aromatic carbocycles. The van der Waals surface area contributed by atoms with Crippen molar-refractivity contribution in [1.29, 1.82) is 0 Å². The van der Waals surface area contributed by atoms with Crippen molar-refractivity contribution in [3.8, 4) is 0 Å². The number of likely N-dealkylation sites (tertiary alicyclic amines) is 1. The van der Waals surface area contributed by atoms with E-state index in [4.69, 9.17) is 9.47 Å². The number of hydrogen-bond acceptors (Lipinski definition) is 5. The molecule has 39 heavy (non-hydrogen) atoms. The van der Waals surface area contributed by atoms with Gasteiger partial charge < -0.3 is 30.1 Å². The SMILES string of the molecule is CC1C(CN2CCCCC2)OC(c2cccc(NC(=O)NCc3ccccc3)c2)OC1c1ccc(CO)cc1. The van der Waals surface area contributed by atoms with Crippen molar-refractivity contribution in [2.45, 2.75) is 57.8 Å². The maximum atomic E-state index is 12.6. The highest BCUT2D eigenvalue weighted by molar-refractivity contribution is 5.89. The molecule has 0 saturated carbocycles. The lowest BCUT2D eigenvalue weighted by molar-refractivity contribution is -0.276. The van der Waals surface area contributed by atoms with Crippen molar-refractivity contribution >= 4 is 11.7 Å². The summed E-state index contributed by atoms with van der Waals surface area (Å²) in [4.78, 5) is 15.1. The fraction of sp³-hybridized carbons (Fsp3) is 0.406. The molecule has 7 nitrogen and oxygen atoms in total. The van der Waals surface area contributed by atoms with Crippen LogP contribution < -0.4 is 10.6 Å². The van der Waals surface area contributed by atoms with Crippen molar-refractivity contribution in [3.63, 3.8) is 0 Å². The Kier molecular flexibility index (Phi) is 9.27. The van der Waals surface area contributed by atoms with Gasteiger partial charge in [0, 0.05) is 30.3 Å². The summed E-state index contributed by atoms with van der Waals surface area (Å²) in [5.74, 6) is 0.147. The average Bonchev–Trinajstić information content (AvgIpc) is 2.98. The highest BCUT2D eigenvalue weighted by Crippen LogP contribution is 2.42. The smallest absolute Gasteiger partial charge is 0.319 e. The molecule has 2 amide bonds. The van der Waals surface area contributed by atoms with E-state index in [0.29, 0.717) is 12.2 Å². The standard InChI is InChI=1S/C32H39N3O4/c1-23-29(21-35-17-6-3-7-18-35)38-31(39-30(23)26-15-13-25(22-36)14-16-26)27-11-8-12-28(19-27)34-32(37)33-20-24-9-4-2-5-10-24/h2,4-5,8-16,19,23,29-31,36H,3,6-7,17-18,20-22H2,1H3,(H2,33,34,37).